The molecule has 0 saturated heterocycles. The maximum absolute atomic E-state index is 11.6. The monoisotopic (exact) mass is 309 g/mol. The van der Waals surface area contributed by atoms with Crippen LogP contribution in [0.4, 0.5) is 0 Å². The predicted molar refractivity (Wildman–Crippen MR) is 80.3 cm³/mol. The summed E-state index contributed by atoms with van der Waals surface area (Å²) in [4.78, 5) is 28.7. The van der Waals surface area contributed by atoms with Crippen LogP contribution in [0.2, 0.25) is 5.02 Å². The second-order valence-electron chi connectivity index (χ2n) is 5.28. The van der Waals surface area contributed by atoms with Crippen molar-refractivity contribution in [2.75, 3.05) is 6.61 Å². The zero-order valence-electron chi connectivity index (χ0n) is 12.0. The summed E-state index contributed by atoms with van der Waals surface area (Å²) in [5.41, 5.74) is 0.911. The molecule has 1 N–H and O–H groups in total. The Morgan fingerprint density at radius 2 is 2.05 bits per heavy atom. The summed E-state index contributed by atoms with van der Waals surface area (Å²) >= 11 is 6.06. The highest BCUT2D eigenvalue weighted by Crippen LogP contribution is 2.32. The Bertz CT molecular complexity index is 721. The lowest BCUT2D eigenvalue weighted by Gasteiger charge is -2.20. The SMILES string of the molecule is Cc1c(C(=O)O)c2cc(=O)cc(Cl)c-2cn1OCC(C)C. The lowest BCUT2D eigenvalue weighted by atomic mass is 9.98. The highest BCUT2D eigenvalue weighted by atomic mass is 35.5. The third-order valence-electron chi connectivity index (χ3n) is 3.07. The minimum atomic E-state index is -1.12. The molecule has 2 aliphatic rings. The predicted octanol–water partition coefficient (Wildman–Crippen LogP) is 2.70. The average Bonchev–Trinajstić information content (AvgIpc) is 2.35. The highest BCUT2D eigenvalue weighted by Gasteiger charge is 2.22. The van der Waals surface area contributed by atoms with E-state index in [2.05, 4.69) is 0 Å². The van der Waals surface area contributed by atoms with Crippen LogP contribution in [-0.4, -0.2) is 22.4 Å². The highest BCUT2D eigenvalue weighted by molar-refractivity contribution is 6.33. The van der Waals surface area contributed by atoms with Gasteiger partial charge in [0.15, 0.2) is 5.43 Å². The van der Waals surface area contributed by atoms with Crippen molar-refractivity contribution < 1.29 is 14.7 Å². The number of aromatic nitrogens is 1. The average molecular weight is 310 g/mol. The Balaban J connectivity index is 2.73. The van der Waals surface area contributed by atoms with Crippen LogP contribution < -0.4 is 10.3 Å². The van der Waals surface area contributed by atoms with Crippen LogP contribution >= 0.6 is 11.6 Å². The first kappa shape index (κ1) is 15.4. The molecule has 1 heterocycles. The summed E-state index contributed by atoms with van der Waals surface area (Å²) in [7, 11) is 0. The van der Waals surface area contributed by atoms with Gasteiger partial charge in [-0.15, -0.1) is 0 Å². The van der Waals surface area contributed by atoms with E-state index in [-0.39, 0.29) is 16.0 Å². The fourth-order valence-electron chi connectivity index (χ4n) is 2.08. The lowest BCUT2D eigenvalue weighted by molar-refractivity contribution is 0.0667. The number of hydrogen-bond acceptors (Lipinski definition) is 3. The summed E-state index contributed by atoms with van der Waals surface area (Å²) in [5, 5.41) is 9.64. The summed E-state index contributed by atoms with van der Waals surface area (Å²) in [5.74, 6) is -0.831. The molecule has 0 spiro atoms. The van der Waals surface area contributed by atoms with E-state index in [1.54, 1.807) is 13.1 Å². The fraction of sp³-hybridized carbons (Fsp3) is 0.333. The van der Waals surface area contributed by atoms with Crippen molar-refractivity contribution in [1.82, 2.24) is 4.73 Å². The molecule has 0 saturated carbocycles. The Kier molecular flexibility index (Phi) is 4.23. The Labute approximate surface area is 127 Å². The smallest absolute Gasteiger partial charge is 0.338 e. The lowest BCUT2D eigenvalue weighted by Crippen LogP contribution is -2.23. The second kappa shape index (κ2) is 5.77. The van der Waals surface area contributed by atoms with Crippen molar-refractivity contribution in [2.45, 2.75) is 20.8 Å². The van der Waals surface area contributed by atoms with Gasteiger partial charge in [0, 0.05) is 17.2 Å². The first-order valence-electron chi connectivity index (χ1n) is 6.53. The van der Waals surface area contributed by atoms with Gasteiger partial charge in [-0.1, -0.05) is 25.4 Å². The number of aromatic carboxylic acids is 1. The van der Waals surface area contributed by atoms with E-state index in [0.717, 1.165) is 0 Å². The molecule has 1 aliphatic heterocycles. The molecular formula is C15H16ClNO4. The molecule has 21 heavy (non-hydrogen) atoms. The Hall–Kier alpha value is -2.01. The van der Waals surface area contributed by atoms with Gasteiger partial charge in [-0.2, -0.15) is 4.73 Å². The summed E-state index contributed by atoms with van der Waals surface area (Å²) in [6.45, 7) is 6.05. The van der Waals surface area contributed by atoms with E-state index in [1.165, 1.54) is 16.9 Å². The minimum absolute atomic E-state index is 0.0239. The molecule has 6 heteroatoms. The van der Waals surface area contributed by atoms with Crippen molar-refractivity contribution >= 4 is 17.6 Å². The van der Waals surface area contributed by atoms with Gasteiger partial charge < -0.3 is 9.94 Å². The van der Waals surface area contributed by atoms with Gasteiger partial charge >= 0.3 is 5.97 Å². The molecule has 0 atom stereocenters. The summed E-state index contributed by atoms with van der Waals surface area (Å²) in [6.07, 6.45) is 1.61. The van der Waals surface area contributed by atoms with Crippen LogP contribution in [0, 0.1) is 12.8 Å². The molecule has 0 amide bonds. The summed E-state index contributed by atoms with van der Waals surface area (Å²) in [6, 6.07) is 2.54. The molecule has 0 bridgehead atoms. The number of hydrogen-bond donors (Lipinski definition) is 1. The maximum Gasteiger partial charge on any atom is 0.338 e. The van der Waals surface area contributed by atoms with E-state index >= 15 is 0 Å². The molecule has 0 aromatic rings. The number of rotatable bonds is 4. The number of fused-ring (bicyclic) bond motifs is 1. The Morgan fingerprint density at radius 3 is 2.62 bits per heavy atom. The molecule has 0 radical (unpaired) electrons. The molecule has 112 valence electrons. The number of nitrogens with zero attached hydrogens (tertiary/aromatic N) is 1. The van der Waals surface area contributed by atoms with Crippen LogP contribution in [-0.2, 0) is 0 Å². The van der Waals surface area contributed by atoms with Crippen LogP contribution in [0.1, 0.15) is 29.9 Å². The van der Waals surface area contributed by atoms with Gasteiger partial charge in [0.2, 0.25) is 0 Å². The first-order chi connectivity index (χ1) is 9.81. The molecule has 5 nitrogen and oxygen atoms in total. The summed E-state index contributed by atoms with van der Waals surface area (Å²) < 4.78 is 1.40. The molecule has 0 aromatic carbocycles. The molecule has 0 aromatic heterocycles. The normalized spacial score (nSPS) is 11.1. The molecule has 1 aliphatic carbocycles. The van der Waals surface area contributed by atoms with Gasteiger partial charge in [0.1, 0.15) is 6.61 Å². The van der Waals surface area contributed by atoms with E-state index < -0.39 is 5.97 Å². The van der Waals surface area contributed by atoms with E-state index in [1.807, 2.05) is 13.8 Å². The number of halogens is 1. The van der Waals surface area contributed by atoms with Crippen LogP contribution in [0.15, 0.2) is 23.1 Å². The van der Waals surface area contributed by atoms with Gasteiger partial charge in [-0.05, 0) is 18.9 Å². The van der Waals surface area contributed by atoms with Crippen LogP contribution in [0.5, 0.6) is 0 Å². The maximum atomic E-state index is 11.6. The minimum Gasteiger partial charge on any atom is -0.478 e. The first-order valence-corrected chi connectivity index (χ1v) is 6.91. The quantitative estimate of drug-likeness (QED) is 0.943. The molecular weight excluding hydrogens is 294 g/mol. The van der Waals surface area contributed by atoms with E-state index in [0.29, 0.717) is 29.3 Å². The fourth-order valence-corrected chi connectivity index (χ4v) is 2.34. The number of carbonyl (C=O) groups is 1. The topological polar surface area (TPSA) is 68.5 Å². The molecule has 2 rings (SSSR count). The van der Waals surface area contributed by atoms with Gasteiger partial charge in [-0.25, -0.2) is 4.79 Å². The largest absolute Gasteiger partial charge is 0.478 e. The van der Waals surface area contributed by atoms with Crippen molar-refractivity contribution in [3.05, 3.63) is 44.8 Å². The van der Waals surface area contributed by atoms with Crippen molar-refractivity contribution in [3.63, 3.8) is 0 Å². The van der Waals surface area contributed by atoms with Crippen LogP contribution in [0.3, 0.4) is 0 Å². The zero-order chi connectivity index (χ0) is 15.7. The van der Waals surface area contributed by atoms with E-state index in [4.69, 9.17) is 16.4 Å². The number of carboxylic acids is 1. The second-order valence-corrected chi connectivity index (χ2v) is 5.68. The van der Waals surface area contributed by atoms with Gasteiger partial charge in [0.05, 0.1) is 22.5 Å². The molecule has 0 unspecified atom stereocenters. The Morgan fingerprint density at radius 1 is 1.38 bits per heavy atom. The number of carboxylic acid groups (broad SMARTS) is 1. The molecule has 0 fully saturated rings. The van der Waals surface area contributed by atoms with Crippen molar-refractivity contribution in [1.29, 1.82) is 0 Å². The standard InChI is InChI=1S/C15H16ClNO4/c1-8(2)7-21-17-6-12-11(4-10(18)5-13(12)16)14(9(17)3)15(19)20/h4-6,8H,7H2,1-3H3,(H,19,20). The van der Waals surface area contributed by atoms with Gasteiger partial charge in [0.25, 0.3) is 0 Å². The third kappa shape index (κ3) is 3.03. The number of pyridine rings is 1. The van der Waals surface area contributed by atoms with Crippen LogP contribution in [0.25, 0.3) is 11.1 Å². The van der Waals surface area contributed by atoms with Gasteiger partial charge in [-0.3, -0.25) is 4.79 Å². The zero-order valence-corrected chi connectivity index (χ0v) is 12.8. The van der Waals surface area contributed by atoms with Crippen molar-refractivity contribution in [2.24, 2.45) is 5.92 Å². The number of benzene rings is 1. The third-order valence-corrected chi connectivity index (χ3v) is 3.38. The van der Waals surface area contributed by atoms with E-state index in [9.17, 15) is 14.7 Å². The van der Waals surface area contributed by atoms with Crippen molar-refractivity contribution in [3.8, 4) is 11.1 Å².